The number of hydrogen-bond acceptors (Lipinski definition) is 6. The molecule has 9 heteroatoms. The summed E-state index contributed by atoms with van der Waals surface area (Å²) in [6.07, 6.45) is 1.13. The van der Waals surface area contributed by atoms with E-state index >= 15 is 0 Å². The minimum atomic E-state index is -3.27. The van der Waals surface area contributed by atoms with Gasteiger partial charge in [0.25, 0.3) is 5.69 Å². The fraction of sp³-hybridized carbons (Fsp3) is 0.444. The highest BCUT2D eigenvalue weighted by Gasteiger charge is 2.10. The summed E-state index contributed by atoms with van der Waals surface area (Å²) in [5.74, 6) is 0.341. The Morgan fingerprint density at radius 3 is 2.67 bits per heavy atom. The van der Waals surface area contributed by atoms with Crippen molar-refractivity contribution in [3.05, 3.63) is 27.9 Å². The van der Waals surface area contributed by atoms with Gasteiger partial charge < -0.3 is 5.32 Å². The van der Waals surface area contributed by atoms with Crippen LogP contribution in [0.15, 0.2) is 12.3 Å². The van der Waals surface area contributed by atoms with Crippen LogP contribution in [0.1, 0.15) is 5.56 Å². The monoisotopic (exact) mass is 274 g/mol. The molecule has 0 bridgehead atoms. The molecule has 0 spiro atoms. The Hall–Kier alpha value is -1.74. The summed E-state index contributed by atoms with van der Waals surface area (Å²) in [6.45, 7) is 1.84. The summed E-state index contributed by atoms with van der Waals surface area (Å²) in [7, 11) is -1.93. The van der Waals surface area contributed by atoms with Crippen molar-refractivity contribution in [3.63, 3.8) is 0 Å². The molecule has 0 saturated heterocycles. The van der Waals surface area contributed by atoms with Crippen LogP contribution in [0.4, 0.5) is 11.5 Å². The molecule has 0 aliphatic heterocycles. The van der Waals surface area contributed by atoms with Crippen LogP contribution in [0.3, 0.4) is 0 Å². The van der Waals surface area contributed by atoms with E-state index in [1.807, 2.05) is 0 Å². The molecule has 0 unspecified atom stereocenters. The molecule has 8 nitrogen and oxygen atoms in total. The van der Waals surface area contributed by atoms with Crippen molar-refractivity contribution < 1.29 is 13.3 Å². The molecule has 1 aromatic rings. The topological polar surface area (TPSA) is 114 Å². The number of nitrogens with one attached hydrogen (secondary N) is 2. The van der Waals surface area contributed by atoms with Gasteiger partial charge in [-0.2, -0.15) is 0 Å². The summed E-state index contributed by atoms with van der Waals surface area (Å²) in [5.41, 5.74) is 0.493. The van der Waals surface area contributed by atoms with Gasteiger partial charge in [-0.1, -0.05) is 0 Å². The third-order valence-corrected chi connectivity index (χ3v) is 3.61. The molecule has 0 fully saturated rings. The fourth-order valence-electron chi connectivity index (χ4n) is 1.25. The van der Waals surface area contributed by atoms with E-state index in [4.69, 9.17) is 0 Å². The Balaban J connectivity index is 2.67. The zero-order valence-electron chi connectivity index (χ0n) is 10.0. The molecule has 100 valence electrons. The number of rotatable bonds is 6. The summed E-state index contributed by atoms with van der Waals surface area (Å²) in [6, 6.07) is 1.38. The number of aromatic nitrogens is 1. The Morgan fingerprint density at radius 2 is 2.17 bits per heavy atom. The first-order chi connectivity index (χ1) is 8.35. The lowest BCUT2D eigenvalue weighted by Gasteiger charge is -2.08. The lowest BCUT2D eigenvalue weighted by molar-refractivity contribution is -0.385. The quantitative estimate of drug-likeness (QED) is 0.568. The molecule has 18 heavy (non-hydrogen) atoms. The predicted molar refractivity (Wildman–Crippen MR) is 67.0 cm³/mol. The van der Waals surface area contributed by atoms with Gasteiger partial charge in [0.2, 0.25) is 10.0 Å². The van der Waals surface area contributed by atoms with Gasteiger partial charge >= 0.3 is 0 Å². The maximum absolute atomic E-state index is 11.2. The van der Waals surface area contributed by atoms with Crippen LogP contribution in [-0.4, -0.2) is 37.7 Å². The smallest absolute Gasteiger partial charge is 0.287 e. The third-order valence-electron chi connectivity index (χ3n) is 2.25. The SMILES string of the molecule is CNS(=O)(=O)CCNc1ncc([N+](=O)[O-])cc1C. The Kier molecular flexibility index (Phi) is 4.56. The summed E-state index contributed by atoms with van der Waals surface area (Å²) >= 11 is 0. The molecule has 1 rings (SSSR count). The Labute approximate surface area is 105 Å². The number of nitrogens with zero attached hydrogens (tertiary/aromatic N) is 2. The van der Waals surface area contributed by atoms with Gasteiger partial charge in [0.1, 0.15) is 12.0 Å². The average Bonchev–Trinajstić information content (AvgIpc) is 2.31. The predicted octanol–water partition coefficient (Wildman–Crippen LogP) is 0.259. The van der Waals surface area contributed by atoms with E-state index in [1.165, 1.54) is 13.1 Å². The highest BCUT2D eigenvalue weighted by molar-refractivity contribution is 7.89. The number of nitro groups is 1. The van der Waals surface area contributed by atoms with Gasteiger partial charge in [-0.3, -0.25) is 10.1 Å². The molecule has 0 atom stereocenters. The Bertz CT molecular complexity index is 543. The average molecular weight is 274 g/mol. The third kappa shape index (κ3) is 3.93. The summed E-state index contributed by atoms with van der Waals surface area (Å²) in [4.78, 5) is 13.9. The summed E-state index contributed by atoms with van der Waals surface area (Å²) < 4.78 is 24.5. The standard InChI is InChI=1S/C9H14N4O4S/c1-7-5-8(13(14)15)6-12-9(7)11-3-4-18(16,17)10-2/h5-6,10H,3-4H2,1-2H3,(H,11,12). The first kappa shape index (κ1) is 14.3. The van der Waals surface area contributed by atoms with E-state index in [2.05, 4.69) is 15.0 Å². The lowest BCUT2D eigenvalue weighted by atomic mass is 10.2. The molecule has 0 aromatic carbocycles. The van der Waals surface area contributed by atoms with Crippen LogP contribution in [-0.2, 0) is 10.0 Å². The van der Waals surface area contributed by atoms with Crippen LogP contribution in [0.25, 0.3) is 0 Å². The molecule has 0 saturated carbocycles. The van der Waals surface area contributed by atoms with E-state index in [0.29, 0.717) is 11.4 Å². The van der Waals surface area contributed by atoms with Crippen LogP contribution in [0.5, 0.6) is 0 Å². The van der Waals surface area contributed by atoms with Gasteiger partial charge in [0.05, 0.1) is 10.7 Å². The molecule has 1 heterocycles. The maximum atomic E-state index is 11.2. The number of aryl methyl sites for hydroxylation is 1. The van der Waals surface area contributed by atoms with Crippen molar-refractivity contribution in [2.45, 2.75) is 6.92 Å². The van der Waals surface area contributed by atoms with Crippen molar-refractivity contribution >= 4 is 21.5 Å². The number of anilines is 1. The molecule has 0 aliphatic carbocycles. The van der Waals surface area contributed by atoms with Gasteiger partial charge in [0, 0.05) is 12.6 Å². The lowest BCUT2D eigenvalue weighted by Crippen LogP contribution is -2.26. The van der Waals surface area contributed by atoms with Crippen molar-refractivity contribution in [2.24, 2.45) is 0 Å². The van der Waals surface area contributed by atoms with Crippen molar-refractivity contribution in [2.75, 3.05) is 24.7 Å². The molecule has 0 radical (unpaired) electrons. The van der Waals surface area contributed by atoms with E-state index in [1.54, 1.807) is 6.92 Å². The zero-order chi connectivity index (χ0) is 13.8. The second-order valence-corrected chi connectivity index (χ2v) is 5.61. The number of hydrogen-bond donors (Lipinski definition) is 2. The van der Waals surface area contributed by atoms with Crippen LogP contribution in [0, 0.1) is 17.0 Å². The van der Waals surface area contributed by atoms with E-state index < -0.39 is 14.9 Å². The second kappa shape index (κ2) is 5.74. The first-order valence-electron chi connectivity index (χ1n) is 5.12. The van der Waals surface area contributed by atoms with Crippen molar-refractivity contribution in [1.82, 2.24) is 9.71 Å². The second-order valence-electron chi connectivity index (χ2n) is 3.57. The van der Waals surface area contributed by atoms with Gasteiger partial charge in [-0.25, -0.2) is 18.1 Å². The Morgan fingerprint density at radius 1 is 1.50 bits per heavy atom. The number of sulfonamides is 1. The normalized spacial score (nSPS) is 11.2. The van der Waals surface area contributed by atoms with Crippen molar-refractivity contribution in [3.8, 4) is 0 Å². The molecular formula is C9H14N4O4S. The molecular weight excluding hydrogens is 260 g/mol. The van der Waals surface area contributed by atoms with Crippen LogP contribution >= 0.6 is 0 Å². The minimum absolute atomic E-state index is 0.0956. The zero-order valence-corrected chi connectivity index (χ0v) is 10.8. The van der Waals surface area contributed by atoms with Crippen molar-refractivity contribution in [1.29, 1.82) is 0 Å². The van der Waals surface area contributed by atoms with Crippen LogP contribution in [0.2, 0.25) is 0 Å². The first-order valence-corrected chi connectivity index (χ1v) is 6.77. The minimum Gasteiger partial charge on any atom is -0.369 e. The molecule has 0 amide bonds. The summed E-state index contributed by atoms with van der Waals surface area (Å²) in [5, 5.41) is 13.3. The number of pyridine rings is 1. The highest BCUT2D eigenvalue weighted by Crippen LogP contribution is 2.17. The van der Waals surface area contributed by atoms with E-state index in [0.717, 1.165) is 6.20 Å². The van der Waals surface area contributed by atoms with Gasteiger partial charge in [-0.05, 0) is 19.5 Å². The molecule has 2 N–H and O–H groups in total. The van der Waals surface area contributed by atoms with Gasteiger partial charge in [0.15, 0.2) is 0 Å². The fourth-order valence-corrected chi connectivity index (χ4v) is 1.83. The maximum Gasteiger partial charge on any atom is 0.287 e. The van der Waals surface area contributed by atoms with E-state index in [-0.39, 0.29) is 18.0 Å². The van der Waals surface area contributed by atoms with E-state index in [9.17, 15) is 18.5 Å². The highest BCUT2D eigenvalue weighted by atomic mass is 32.2. The van der Waals surface area contributed by atoms with Crippen LogP contribution < -0.4 is 10.0 Å². The molecule has 1 aromatic heterocycles. The largest absolute Gasteiger partial charge is 0.369 e. The van der Waals surface area contributed by atoms with Gasteiger partial charge in [-0.15, -0.1) is 0 Å². The molecule has 0 aliphatic rings.